The lowest BCUT2D eigenvalue weighted by Gasteiger charge is -2.01. The molecular weight excluding hydrogens is 188 g/mol. The molecule has 15 heavy (non-hydrogen) atoms. The lowest BCUT2D eigenvalue weighted by molar-refractivity contribution is 0.186. The first-order valence-electron chi connectivity index (χ1n) is 5.45. The summed E-state index contributed by atoms with van der Waals surface area (Å²) in [5, 5.41) is 11.5. The van der Waals surface area contributed by atoms with E-state index in [-0.39, 0.29) is 6.61 Å². The quantitative estimate of drug-likeness (QED) is 0.684. The number of para-hydroxylation sites is 1. The van der Waals surface area contributed by atoms with Crippen molar-refractivity contribution in [3.05, 3.63) is 36.1 Å². The molecule has 0 aliphatic heterocycles. The van der Waals surface area contributed by atoms with E-state index in [9.17, 15) is 5.11 Å². The summed E-state index contributed by atoms with van der Waals surface area (Å²) in [6.07, 6.45) is 5.60. The van der Waals surface area contributed by atoms with Crippen LogP contribution in [0, 0.1) is 0 Å². The Kier molecular flexibility index (Phi) is 3.41. The van der Waals surface area contributed by atoms with Crippen molar-refractivity contribution in [2.45, 2.75) is 25.7 Å². The third kappa shape index (κ3) is 2.39. The lowest BCUT2D eigenvalue weighted by atomic mass is 10.1. The van der Waals surface area contributed by atoms with Crippen molar-refractivity contribution in [2.24, 2.45) is 0 Å². The second kappa shape index (κ2) is 4.99. The summed E-state index contributed by atoms with van der Waals surface area (Å²) in [6.45, 7) is 0.0466. The van der Waals surface area contributed by atoms with Crippen molar-refractivity contribution in [1.29, 1.82) is 0 Å². The van der Waals surface area contributed by atoms with Gasteiger partial charge in [-0.05, 0) is 30.9 Å². The molecule has 2 aromatic rings. The number of hydrogen-bond acceptors (Lipinski definition) is 1. The molecule has 2 rings (SSSR count). The van der Waals surface area contributed by atoms with Crippen LogP contribution in [0.15, 0.2) is 34.9 Å². The maximum atomic E-state index is 10.3. The number of rotatable bonds is 5. The van der Waals surface area contributed by atoms with E-state index in [0.717, 1.165) is 36.7 Å². The second-order valence-corrected chi connectivity index (χ2v) is 3.77. The fourth-order valence-electron chi connectivity index (χ4n) is 1.85. The summed E-state index contributed by atoms with van der Waals surface area (Å²) in [7, 11) is 0. The average molecular weight is 203 g/mol. The van der Waals surface area contributed by atoms with Crippen LogP contribution in [-0.4, -0.2) is 6.61 Å². The highest BCUT2D eigenvalue weighted by atomic mass is 16.3. The van der Waals surface area contributed by atoms with E-state index >= 15 is 0 Å². The lowest BCUT2D eigenvalue weighted by Crippen LogP contribution is -1.88. The molecule has 1 aromatic carbocycles. The summed E-state index contributed by atoms with van der Waals surface area (Å²) >= 11 is 0. The van der Waals surface area contributed by atoms with Gasteiger partial charge in [-0.15, -0.1) is 0 Å². The predicted molar refractivity (Wildman–Crippen MR) is 59.3 cm³/mol. The van der Waals surface area contributed by atoms with Crippen LogP contribution in [0.2, 0.25) is 0 Å². The highest BCUT2D eigenvalue weighted by Crippen LogP contribution is 2.21. The Balaban J connectivity index is 2.04. The average Bonchev–Trinajstić information content (AvgIpc) is 2.73. The van der Waals surface area contributed by atoms with E-state index in [0.29, 0.717) is 0 Å². The molecule has 0 bridgehead atoms. The molecule has 1 aromatic heterocycles. The van der Waals surface area contributed by atoms with Gasteiger partial charge in [0, 0.05) is 5.39 Å². The Morgan fingerprint density at radius 2 is 2.00 bits per heavy atom. The summed E-state index contributed by atoms with van der Waals surface area (Å²) in [5.74, 6) is 0. The highest BCUT2D eigenvalue weighted by molar-refractivity contribution is 5.80. The topological polar surface area (TPSA) is 33.0 Å². The Hall–Kier alpha value is -1.28. The minimum absolute atomic E-state index is 0.0466. The molecule has 2 heteroatoms. The Labute approximate surface area is 89.5 Å². The van der Waals surface area contributed by atoms with Crippen molar-refractivity contribution in [2.75, 3.05) is 6.61 Å². The van der Waals surface area contributed by atoms with Gasteiger partial charge in [-0.1, -0.05) is 24.6 Å². The summed E-state index contributed by atoms with van der Waals surface area (Å²) in [5.41, 5.74) is 2.25. The van der Waals surface area contributed by atoms with Crippen LogP contribution in [0.3, 0.4) is 0 Å². The van der Waals surface area contributed by atoms with Gasteiger partial charge < -0.3 is 4.42 Å². The molecule has 1 radical (unpaired) electrons. The molecule has 1 heterocycles. The molecule has 0 atom stereocenters. The van der Waals surface area contributed by atoms with E-state index in [2.05, 4.69) is 18.2 Å². The van der Waals surface area contributed by atoms with Crippen LogP contribution in [-0.2, 0) is 11.5 Å². The van der Waals surface area contributed by atoms with Gasteiger partial charge in [0.15, 0.2) is 0 Å². The smallest absolute Gasteiger partial charge is 0.137 e. The standard InChI is InChI=1S/C13H15O2/c14-9-3-1-2-5-11-6-4-7-12-8-10-15-13(11)12/h4,6-8,10H,1-3,5,9H2. The molecule has 0 saturated heterocycles. The van der Waals surface area contributed by atoms with E-state index in [4.69, 9.17) is 4.42 Å². The number of aryl methyl sites for hydroxylation is 1. The Morgan fingerprint density at radius 1 is 1.07 bits per heavy atom. The van der Waals surface area contributed by atoms with Crippen LogP contribution in [0.1, 0.15) is 24.8 Å². The molecule has 0 fully saturated rings. The molecule has 0 unspecified atom stereocenters. The van der Waals surface area contributed by atoms with Gasteiger partial charge in [0.25, 0.3) is 0 Å². The SMILES string of the molecule is [O]CCCCCc1cccc2ccoc12. The van der Waals surface area contributed by atoms with E-state index < -0.39 is 0 Å². The van der Waals surface area contributed by atoms with Gasteiger partial charge in [0.1, 0.15) is 5.58 Å². The van der Waals surface area contributed by atoms with Gasteiger partial charge in [0.2, 0.25) is 0 Å². The van der Waals surface area contributed by atoms with E-state index in [1.54, 1.807) is 6.26 Å². The van der Waals surface area contributed by atoms with Gasteiger partial charge >= 0.3 is 0 Å². The van der Waals surface area contributed by atoms with Crippen LogP contribution < -0.4 is 0 Å². The minimum Gasteiger partial charge on any atom is -0.464 e. The van der Waals surface area contributed by atoms with Crippen molar-refractivity contribution in [3.63, 3.8) is 0 Å². The monoisotopic (exact) mass is 203 g/mol. The third-order valence-electron chi connectivity index (χ3n) is 2.65. The summed E-state index contributed by atoms with van der Waals surface area (Å²) < 4.78 is 5.44. The first-order chi connectivity index (χ1) is 7.42. The summed E-state index contributed by atoms with van der Waals surface area (Å²) in [6, 6.07) is 8.19. The zero-order valence-electron chi connectivity index (χ0n) is 8.74. The highest BCUT2D eigenvalue weighted by Gasteiger charge is 2.02. The third-order valence-corrected chi connectivity index (χ3v) is 2.65. The van der Waals surface area contributed by atoms with Crippen LogP contribution >= 0.6 is 0 Å². The number of unbranched alkanes of at least 4 members (excludes halogenated alkanes) is 2. The number of furan rings is 1. The normalized spacial score (nSPS) is 11.0. The van der Waals surface area contributed by atoms with E-state index in [1.807, 2.05) is 6.07 Å². The van der Waals surface area contributed by atoms with Crippen molar-refractivity contribution in [3.8, 4) is 0 Å². The maximum Gasteiger partial charge on any atom is 0.137 e. The molecular formula is C13H15O2. The minimum atomic E-state index is 0.0466. The molecule has 0 amide bonds. The first-order valence-corrected chi connectivity index (χ1v) is 5.45. The molecule has 2 nitrogen and oxygen atoms in total. The fourth-order valence-corrected chi connectivity index (χ4v) is 1.85. The van der Waals surface area contributed by atoms with Crippen molar-refractivity contribution in [1.82, 2.24) is 0 Å². The Morgan fingerprint density at radius 3 is 2.87 bits per heavy atom. The molecule has 79 valence electrons. The Bertz CT molecular complexity index is 417. The zero-order chi connectivity index (χ0) is 10.5. The van der Waals surface area contributed by atoms with Crippen molar-refractivity contribution < 1.29 is 9.52 Å². The fraction of sp³-hybridized carbons (Fsp3) is 0.385. The molecule has 0 spiro atoms. The largest absolute Gasteiger partial charge is 0.464 e. The zero-order valence-corrected chi connectivity index (χ0v) is 8.74. The van der Waals surface area contributed by atoms with Crippen LogP contribution in [0.5, 0.6) is 0 Å². The van der Waals surface area contributed by atoms with Crippen LogP contribution in [0.4, 0.5) is 0 Å². The van der Waals surface area contributed by atoms with Gasteiger partial charge in [-0.25, -0.2) is 5.11 Å². The second-order valence-electron chi connectivity index (χ2n) is 3.77. The van der Waals surface area contributed by atoms with Crippen LogP contribution in [0.25, 0.3) is 11.0 Å². The first kappa shape index (κ1) is 10.2. The number of fused-ring (bicyclic) bond motifs is 1. The summed E-state index contributed by atoms with van der Waals surface area (Å²) in [4.78, 5) is 0. The predicted octanol–water partition coefficient (Wildman–Crippen LogP) is 3.58. The molecule has 0 saturated carbocycles. The van der Waals surface area contributed by atoms with E-state index in [1.165, 1.54) is 5.56 Å². The molecule has 0 N–H and O–H groups in total. The van der Waals surface area contributed by atoms with Crippen molar-refractivity contribution >= 4 is 11.0 Å². The van der Waals surface area contributed by atoms with Gasteiger partial charge in [-0.2, -0.15) is 0 Å². The van der Waals surface area contributed by atoms with Gasteiger partial charge in [0.05, 0.1) is 12.9 Å². The molecule has 0 aliphatic rings. The number of hydrogen-bond donors (Lipinski definition) is 0. The van der Waals surface area contributed by atoms with Gasteiger partial charge in [-0.3, -0.25) is 0 Å². The molecule has 0 aliphatic carbocycles. The maximum absolute atomic E-state index is 10.3. The number of benzene rings is 1.